The Morgan fingerprint density at radius 3 is 2.58 bits per heavy atom. The molecule has 0 atom stereocenters. The van der Waals surface area contributed by atoms with Gasteiger partial charge in [0.05, 0.1) is 35.2 Å². The highest BCUT2D eigenvalue weighted by molar-refractivity contribution is 6.29. The number of hydrogen-bond acceptors (Lipinski definition) is 5. The molecule has 0 radical (unpaired) electrons. The molecular formula is C23H17ClN6O. The van der Waals surface area contributed by atoms with Crippen molar-refractivity contribution in [1.29, 1.82) is 0 Å². The summed E-state index contributed by atoms with van der Waals surface area (Å²) in [5, 5.41) is 7.63. The molecule has 1 N–H and O–H groups in total. The summed E-state index contributed by atoms with van der Waals surface area (Å²) >= 11 is 6.12. The summed E-state index contributed by atoms with van der Waals surface area (Å²) in [5.41, 5.74) is 5.84. The lowest BCUT2D eigenvalue weighted by atomic mass is 10.1. The van der Waals surface area contributed by atoms with E-state index in [1.165, 1.54) is 6.20 Å². The van der Waals surface area contributed by atoms with Gasteiger partial charge in [0.2, 0.25) is 0 Å². The van der Waals surface area contributed by atoms with E-state index in [0.717, 1.165) is 28.0 Å². The fourth-order valence-corrected chi connectivity index (χ4v) is 3.52. The number of para-hydroxylation sites is 2. The topological polar surface area (TPSA) is 85.1 Å². The molecule has 0 bridgehead atoms. The van der Waals surface area contributed by atoms with Gasteiger partial charge >= 0.3 is 0 Å². The molecule has 0 spiro atoms. The number of aryl methyl sites for hydroxylation is 1. The number of nitrogens with zero attached hydrogens (tertiary/aromatic N) is 5. The first-order valence-corrected chi connectivity index (χ1v) is 10.1. The molecule has 3 aromatic heterocycles. The number of halogens is 1. The lowest BCUT2D eigenvalue weighted by Gasteiger charge is -2.08. The van der Waals surface area contributed by atoms with E-state index in [0.29, 0.717) is 16.3 Å². The molecule has 0 unspecified atom stereocenters. The predicted molar refractivity (Wildman–Crippen MR) is 119 cm³/mol. The molecule has 7 nitrogen and oxygen atoms in total. The minimum absolute atomic E-state index is 0.199. The quantitative estimate of drug-likeness (QED) is 0.463. The number of nitrogens with one attached hydrogen (secondary N) is 1. The SMILES string of the molecule is Cc1ccc(-c2nc3ccc(Cl)nn3c2CNC(=O)c2cnc3ccccc3n2)cc1. The van der Waals surface area contributed by atoms with Gasteiger partial charge in [0.1, 0.15) is 10.8 Å². The van der Waals surface area contributed by atoms with Crippen molar-refractivity contribution in [3.63, 3.8) is 0 Å². The van der Waals surface area contributed by atoms with Gasteiger partial charge in [0.25, 0.3) is 5.91 Å². The summed E-state index contributed by atoms with van der Waals surface area (Å²) in [6.07, 6.45) is 1.47. The van der Waals surface area contributed by atoms with Gasteiger partial charge in [-0.2, -0.15) is 5.10 Å². The molecule has 0 aliphatic rings. The Kier molecular flexibility index (Phi) is 4.80. The summed E-state index contributed by atoms with van der Waals surface area (Å²) in [5.74, 6) is -0.329. The molecule has 0 aliphatic heterocycles. The number of rotatable bonds is 4. The molecule has 31 heavy (non-hydrogen) atoms. The van der Waals surface area contributed by atoms with Crippen LogP contribution in [0.15, 0.2) is 66.9 Å². The average molecular weight is 429 g/mol. The molecule has 5 rings (SSSR count). The van der Waals surface area contributed by atoms with Crippen molar-refractivity contribution in [3.05, 3.63) is 89.0 Å². The zero-order valence-corrected chi connectivity index (χ0v) is 17.3. The van der Waals surface area contributed by atoms with E-state index < -0.39 is 0 Å². The smallest absolute Gasteiger partial charge is 0.271 e. The van der Waals surface area contributed by atoms with Crippen molar-refractivity contribution in [1.82, 2.24) is 29.9 Å². The van der Waals surface area contributed by atoms with E-state index in [4.69, 9.17) is 16.6 Å². The van der Waals surface area contributed by atoms with Crippen molar-refractivity contribution < 1.29 is 4.79 Å². The van der Waals surface area contributed by atoms with Crippen LogP contribution in [0.2, 0.25) is 5.15 Å². The molecule has 0 saturated heterocycles. The van der Waals surface area contributed by atoms with Crippen LogP contribution in [0.4, 0.5) is 0 Å². The Bertz CT molecular complexity index is 1430. The monoisotopic (exact) mass is 428 g/mol. The zero-order valence-electron chi connectivity index (χ0n) is 16.6. The highest BCUT2D eigenvalue weighted by Gasteiger charge is 2.17. The van der Waals surface area contributed by atoms with Crippen molar-refractivity contribution in [2.45, 2.75) is 13.5 Å². The highest BCUT2D eigenvalue weighted by Crippen LogP contribution is 2.25. The fraction of sp³-hybridized carbons (Fsp3) is 0.0870. The molecule has 0 fully saturated rings. The molecule has 8 heteroatoms. The number of hydrogen-bond donors (Lipinski definition) is 1. The van der Waals surface area contributed by atoms with Gasteiger partial charge in [-0.3, -0.25) is 9.78 Å². The van der Waals surface area contributed by atoms with Crippen molar-refractivity contribution in [2.75, 3.05) is 0 Å². The molecule has 0 saturated carbocycles. The van der Waals surface area contributed by atoms with Crippen LogP contribution in [0.1, 0.15) is 21.7 Å². The van der Waals surface area contributed by atoms with E-state index >= 15 is 0 Å². The minimum atomic E-state index is -0.329. The maximum Gasteiger partial charge on any atom is 0.271 e. The second kappa shape index (κ2) is 7.77. The molecule has 0 aliphatic carbocycles. The third kappa shape index (κ3) is 3.71. The van der Waals surface area contributed by atoms with Crippen LogP contribution in [0, 0.1) is 6.92 Å². The molecule has 152 valence electrons. The third-order valence-electron chi connectivity index (χ3n) is 4.96. The number of benzene rings is 2. The van der Waals surface area contributed by atoms with Gasteiger partial charge in [0, 0.05) is 5.56 Å². The third-order valence-corrected chi connectivity index (χ3v) is 5.16. The summed E-state index contributed by atoms with van der Waals surface area (Å²) in [7, 11) is 0. The van der Waals surface area contributed by atoms with E-state index in [2.05, 4.69) is 20.4 Å². The number of aromatic nitrogens is 5. The Hall–Kier alpha value is -3.84. The van der Waals surface area contributed by atoms with Crippen LogP contribution in [0.3, 0.4) is 0 Å². The Balaban J connectivity index is 1.49. The molecular weight excluding hydrogens is 412 g/mol. The number of amides is 1. The predicted octanol–water partition coefficient (Wildman–Crippen LogP) is 4.23. The van der Waals surface area contributed by atoms with E-state index in [-0.39, 0.29) is 18.1 Å². The highest BCUT2D eigenvalue weighted by atomic mass is 35.5. The van der Waals surface area contributed by atoms with E-state index in [1.54, 1.807) is 16.6 Å². The number of carbonyl (C=O) groups excluding carboxylic acids is 1. The van der Waals surface area contributed by atoms with Crippen LogP contribution in [-0.4, -0.2) is 30.5 Å². The summed E-state index contributed by atoms with van der Waals surface area (Å²) in [4.78, 5) is 26.2. The second-order valence-corrected chi connectivity index (χ2v) is 7.51. The lowest BCUT2D eigenvalue weighted by molar-refractivity contribution is 0.0945. The second-order valence-electron chi connectivity index (χ2n) is 7.13. The normalized spacial score (nSPS) is 11.2. The maximum atomic E-state index is 12.8. The average Bonchev–Trinajstić information content (AvgIpc) is 3.15. The van der Waals surface area contributed by atoms with Crippen molar-refractivity contribution in [3.8, 4) is 11.3 Å². The minimum Gasteiger partial charge on any atom is -0.345 e. The van der Waals surface area contributed by atoms with Gasteiger partial charge in [-0.15, -0.1) is 0 Å². The molecule has 5 aromatic rings. The first kappa shape index (κ1) is 19.1. The lowest BCUT2D eigenvalue weighted by Crippen LogP contribution is -2.25. The van der Waals surface area contributed by atoms with Crippen LogP contribution in [0.25, 0.3) is 27.9 Å². The number of carbonyl (C=O) groups is 1. The van der Waals surface area contributed by atoms with Crippen molar-refractivity contribution >= 4 is 34.2 Å². The summed E-state index contributed by atoms with van der Waals surface area (Å²) in [6.45, 7) is 2.23. The van der Waals surface area contributed by atoms with Gasteiger partial charge < -0.3 is 5.32 Å². The van der Waals surface area contributed by atoms with Crippen molar-refractivity contribution in [2.24, 2.45) is 0 Å². The number of fused-ring (bicyclic) bond motifs is 2. The Morgan fingerprint density at radius 1 is 1.00 bits per heavy atom. The van der Waals surface area contributed by atoms with Gasteiger partial charge in [0.15, 0.2) is 5.65 Å². The summed E-state index contributed by atoms with van der Waals surface area (Å²) < 4.78 is 1.66. The largest absolute Gasteiger partial charge is 0.345 e. The van der Waals surface area contributed by atoms with E-state index in [9.17, 15) is 4.79 Å². The van der Waals surface area contributed by atoms with Crippen LogP contribution in [-0.2, 0) is 6.54 Å². The maximum absolute atomic E-state index is 12.8. The van der Waals surface area contributed by atoms with Crippen LogP contribution in [0.5, 0.6) is 0 Å². The first-order chi connectivity index (χ1) is 15.1. The van der Waals surface area contributed by atoms with Gasteiger partial charge in [-0.25, -0.2) is 14.5 Å². The molecule has 2 aromatic carbocycles. The molecule has 3 heterocycles. The fourth-order valence-electron chi connectivity index (χ4n) is 3.38. The zero-order chi connectivity index (χ0) is 21.4. The van der Waals surface area contributed by atoms with Crippen LogP contribution >= 0.6 is 11.6 Å². The van der Waals surface area contributed by atoms with Gasteiger partial charge in [-0.05, 0) is 31.2 Å². The van der Waals surface area contributed by atoms with Crippen LogP contribution < -0.4 is 5.32 Å². The standard InChI is InChI=1S/C23H17ClN6O/c1-14-6-8-15(9-7-14)22-19(30-21(28-22)11-10-20(24)29-30)13-26-23(31)18-12-25-16-4-2-3-5-17(16)27-18/h2-12H,13H2,1H3,(H,26,31). The van der Waals surface area contributed by atoms with E-state index in [1.807, 2.05) is 55.5 Å². The Morgan fingerprint density at radius 2 is 1.77 bits per heavy atom. The number of imidazole rings is 1. The Labute approximate surface area is 182 Å². The van der Waals surface area contributed by atoms with Gasteiger partial charge in [-0.1, -0.05) is 53.6 Å². The first-order valence-electron chi connectivity index (χ1n) is 9.70. The summed E-state index contributed by atoms with van der Waals surface area (Å²) in [6, 6.07) is 18.9. The molecule has 1 amide bonds.